The summed E-state index contributed by atoms with van der Waals surface area (Å²) in [6.07, 6.45) is 1.64. The van der Waals surface area contributed by atoms with Crippen LogP contribution in [-0.4, -0.2) is 32.2 Å². The predicted molar refractivity (Wildman–Crippen MR) is 82.2 cm³/mol. The summed E-state index contributed by atoms with van der Waals surface area (Å²) in [4.78, 5) is 65.1. The third kappa shape index (κ3) is 11.6. The van der Waals surface area contributed by atoms with E-state index in [0.29, 0.717) is 6.42 Å². The Morgan fingerprint density at radius 2 is 1.67 bits per heavy atom. The molecule has 2 unspecified atom stereocenters. The van der Waals surface area contributed by atoms with Gasteiger partial charge in [-0.15, -0.1) is 0 Å². The number of H-pyrrole nitrogens is 1. The second-order valence-corrected chi connectivity index (χ2v) is 9.89. The van der Waals surface area contributed by atoms with Gasteiger partial charge in [0.25, 0.3) is 21.2 Å². The van der Waals surface area contributed by atoms with Crippen LogP contribution in [0.1, 0.15) is 19.1 Å². The van der Waals surface area contributed by atoms with E-state index in [4.69, 9.17) is 4.74 Å². The Bertz CT molecular complexity index is 1110. The van der Waals surface area contributed by atoms with Crippen molar-refractivity contribution >= 4 is 34.6 Å². The molecule has 0 amide bonds. The van der Waals surface area contributed by atoms with Gasteiger partial charge in [0, 0.05) is 0 Å². The molecule has 0 radical (unpaired) electrons. The Kier molecular flexibility index (Phi) is 17.6. The molecule has 16 nitrogen and oxygen atoms in total. The van der Waals surface area contributed by atoms with Crippen LogP contribution in [0.3, 0.4) is 0 Å². The molecular formula is C10H11N4Na4O12P3. The minimum absolute atomic E-state index is 0. The monoisotopic (exact) mass is 564 g/mol. The summed E-state index contributed by atoms with van der Waals surface area (Å²) in [5, 5.41) is 0. The van der Waals surface area contributed by atoms with Crippen molar-refractivity contribution in [2.45, 2.75) is 25.2 Å². The van der Waals surface area contributed by atoms with Crippen molar-refractivity contribution in [1.29, 1.82) is 0 Å². The molecule has 1 N–H and O–H groups in total. The maximum atomic E-state index is 11.7. The van der Waals surface area contributed by atoms with E-state index in [1.807, 2.05) is 0 Å². The van der Waals surface area contributed by atoms with E-state index >= 15 is 0 Å². The first-order chi connectivity index (χ1) is 13.4. The zero-order valence-corrected chi connectivity index (χ0v) is 28.7. The number of hydrogen-bond acceptors (Lipinski definition) is 14. The number of hydrogen-bond donors (Lipinski definition) is 1. The Morgan fingerprint density at radius 1 is 1.03 bits per heavy atom. The molecule has 1 saturated heterocycles. The van der Waals surface area contributed by atoms with Crippen molar-refractivity contribution in [3.8, 4) is 0 Å². The van der Waals surface area contributed by atoms with E-state index in [1.54, 1.807) is 0 Å². The van der Waals surface area contributed by atoms with Gasteiger partial charge in [-0.2, -0.15) is 0 Å². The van der Waals surface area contributed by atoms with Gasteiger partial charge >= 0.3 is 118 Å². The van der Waals surface area contributed by atoms with Crippen LogP contribution in [0.2, 0.25) is 0 Å². The van der Waals surface area contributed by atoms with E-state index in [1.165, 1.54) is 17.2 Å². The zero-order chi connectivity index (χ0) is 21.4. The summed E-state index contributed by atoms with van der Waals surface area (Å²) < 4.78 is 50.8. The third-order valence-corrected chi connectivity index (χ3v) is 7.24. The Labute approximate surface area is 274 Å². The topological polar surface area (TPSA) is 244 Å². The molecule has 0 spiro atoms. The van der Waals surface area contributed by atoms with Crippen LogP contribution in [0.4, 0.5) is 0 Å². The molecule has 0 bridgehead atoms. The first kappa shape index (κ1) is 37.9. The summed E-state index contributed by atoms with van der Waals surface area (Å²) in [5.41, 5.74) is -0.142. The number of ether oxygens (including phenoxy) is 1. The molecule has 2 aromatic rings. The van der Waals surface area contributed by atoms with Gasteiger partial charge < -0.3 is 38.4 Å². The fraction of sp³-hybridized carbons (Fsp3) is 0.500. The molecule has 3 heterocycles. The summed E-state index contributed by atoms with van der Waals surface area (Å²) in [6, 6.07) is 0. The van der Waals surface area contributed by atoms with Crippen molar-refractivity contribution < 1.29 is 169 Å². The number of nitrogens with zero attached hydrogens (tertiary/aromatic N) is 3. The first-order valence-electron chi connectivity index (χ1n) is 7.62. The number of aromatic amines is 1. The number of phosphoric acid groups is 3. The van der Waals surface area contributed by atoms with Crippen molar-refractivity contribution in [2.24, 2.45) is 0 Å². The van der Waals surface area contributed by atoms with Gasteiger partial charge in [-0.05, 0) is 12.8 Å². The number of fused-ring (bicyclic) bond motifs is 1. The van der Waals surface area contributed by atoms with E-state index in [0.717, 1.165) is 0 Å². The van der Waals surface area contributed by atoms with Crippen molar-refractivity contribution in [2.75, 3.05) is 6.61 Å². The Balaban J connectivity index is 0. The maximum Gasteiger partial charge on any atom is 1.00 e. The van der Waals surface area contributed by atoms with Gasteiger partial charge in [0.15, 0.2) is 11.2 Å². The standard InChI is InChI=1S/C10H15N4O12P3.4Na/c15-10-8-9(11-4-12-10)14(5-13-8)7-2-1-6(24-7)3-23-28(19,20)26-29(21,22)25-27(16,17)18;;;;/h4-7H,1-3H2,(H,19,20)(H,21,22)(H,11,12,15)(H2,16,17,18);;;;/q;4*+1/p-4/t6-,7+;;;;/m0..../s1. The molecule has 0 aromatic carbocycles. The van der Waals surface area contributed by atoms with Crippen LogP contribution < -0.4 is 143 Å². The number of aromatic nitrogens is 4. The average molecular weight is 564 g/mol. The Hall–Kier alpha value is 2.72. The molecule has 4 atom stereocenters. The molecule has 0 saturated carbocycles. The van der Waals surface area contributed by atoms with Crippen molar-refractivity contribution in [3.05, 3.63) is 23.0 Å². The zero-order valence-electron chi connectivity index (χ0n) is 18.0. The van der Waals surface area contributed by atoms with Gasteiger partial charge in [0.05, 0.1) is 33.2 Å². The van der Waals surface area contributed by atoms with Gasteiger partial charge in [-0.3, -0.25) is 22.8 Å². The van der Waals surface area contributed by atoms with Crippen molar-refractivity contribution in [3.63, 3.8) is 0 Å². The smallest absolute Gasteiger partial charge is 0.790 e. The quantitative estimate of drug-likeness (QED) is 0.231. The molecule has 3 rings (SSSR count). The summed E-state index contributed by atoms with van der Waals surface area (Å²) in [6.45, 7) is -0.676. The predicted octanol–water partition coefficient (Wildman–Crippen LogP) is -14.4. The van der Waals surface area contributed by atoms with E-state index in [2.05, 4.69) is 28.1 Å². The molecule has 33 heavy (non-hydrogen) atoms. The summed E-state index contributed by atoms with van der Waals surface area (Å²) in [5.74, 6) is 0. The summed E-state index contributed by atoms with van der Waals surface area (Å²) >= 11 is 0. The maximum absolute atomic E-state index is 11.7. The number of rotatable bonds is 8. The second kappa shape index (κ2) is 15.3. The van der Waals surface area contributed by atoms with Crippen LogP contribution >= 0.6 is 23.5 Å². The van der Waals surface area contributed by atoms with Crippen LogP contribution in [-0.2, 0) is 31.6 Å². The van der Waals surface area contributed by atoms with Crippen LogP contribution in [0.5, 0.6) is 0 Å². The largest absolute Gasteiger partial charge is 1.00 e. The minimum Gasteiger partial charge on any atom is -0.790 e. The van der Waals surface area contributed by atoms with Gasteiger partial charge in [0.1, 0.15) is 6.23 Å². The van der Waals surface area contributed by atoms with Gasteiger partial charge in [-0.25, -0.2) is 14.3 Å². The second-order valence-electron chi connectivity index (χ2n) is 5.65. The molecule has 0 aliphatic carbocycles. The molecule has 1 aliphatic heterocycles. The first-order valence-corrected chi connectivity index (χ1v) is 12.0. The van der Waals surface area contributed by atoms with Crippen LogP contribution in [0.25, 0.3) is 11.2 Å². The van der Waals surface area contributed by atoms with E-state index in [9.17, 15) is 38.1 Å². The fourth-order valence-corrected chi connectivity index (χ4v) is 5.43. The van der Waals surface area contributed by atoms with Crippen LogP contribution in [0.15, 0.2) is 17.4 Å². The average Bonchev–Trinajstić information content (AvgIpc) is 3.16. The van der Waals surface area contributed by atoms with E-state index < -0.39 is 48.0 Å². The number of nitrogens with one attached hydrogen (secondary N) is 1. The van der Waals surface area contributed by atoms with Gasteiger partial charge in [-0.1, -0.05) is 0 Å². The van der Waals surface area contributed by atoms with Crippen LogP contribution in [0, 0.1) is 0 Å². The third-order valence-electron chi connectivity index (χ3n) is 3.58. The molecule has 23 heteroatoms. The van der Waals surface area contributed by atoms with Gasteiger partial charge in [0.2, 0.25) is 0 Å². The fourth-order valence-electron chi connectivity index (χ4n) is 2.55. The molecule has 1 fully saturated rings. The van der Waals surface area contributed by atoms with Crippen molar-refractivity contribution in [1.82, 2.24) is 19.5 Å². The normalized spacial score (nSPS) is 21.5. The summed E-state index contributed by atoms with van der Waals surface area (Å²) in [7, 11) is -17.7. The SMILES string of the molecule is O=c1[nH]cnc2c1ncn2[C@H]1CC[C@@H](COP(=O)([O-])OP(=O)([O-])OP(=O)([O-])[O-])O1.[Na+].[Na+].[Na+].[Na+]. The molecule has 1 aliphatic rings. The molecular weight excluding hydrogens is 553 g/mol. The Morgan fingerprint density at radius 3 is 2.27 bits per heavy atom. The molecule has 162 valence electrons. The van der Waals surface area contributed by atoms with E-state index in [-0.39, 0.29) is 136 Å². The molecule has 2 aromatic heterocycles. The number of phosphoric ester groups is 1. The number of imidazole rings is 1. The minimum atomic E-state index is -6.05.